The van der Waals surface area contributed by atoms with Crippen molar-refractivity contribution in [1.82, 2.24) is 0 Å². The minimum absolute atomic E-state index is 0.652. The lowest BCUT2D eigenvalue weighted by atomic mass is 9.79. The summed E-state index contributed by atoms with van der Waals surface area (Å²) < 4.78 is 0. The molecular formula is C20H18ClN. The molecule has 0 aliphatic rings. The highest BCUT2D eigenvalue weighted by atomic mass is 35.5. The van der Waals surface area contributed by atoms with Gasteiger partial charge >= 0.3 is 0 Å². The first kappa shape index (κ1) is 14.8. The molecule has 0 aliphatic heterocycles. The Morgan fingerprint density at radius 3 is 1.91 bits per heavy atom. The third-order valence-corrected chi connectivity index (χ3v) is 4.30. The molecule has 1 nitrogen and oxygen atoms in total. The average Bonchev–Trinajstić information content (AvgIpc) is 2.57. The second-order valence-electron chi connectivity index (χ2n) is 5.48. The van der Waals surface area contributed by atoms with Gasteiger partial charge in [0.2, 0.25) is 0 Å². The third-order valence-electron chi connectivity index (χ3n) is 3.97. The van der Waals surface area contributed by atoms with E-state index in [-0.39, 0.29) is 0 Å². The van der Waals surface area contributed by atoms with E-state index >= 15 is 0 Å². The predicted molar refractivity (Wildman–Crippen MR) is 93.0 cm³/mol. The number of hydrogen-bond donors (Lipinski definition) is 1. The molecule has 3 aromatic rings. The summed E-state index contributed by atoms with van der Waals surface area (Å²) in [5, 5.41) is 0.699. The lowest BCUT2D eigenvalue weighted by Gasteiger charge is -2.32. The van der Waals surface area contributed by atoms with Crippen molar-refractivity contribution in [1.29, 1.82) is 0 Å². The molecule has 2 N–H and O–H groups in total. The van der Waals surface area contributed by atoms with Gasteiger partial charge in [0.1, 0.15) is 0 Å². The zero-order chi connectivity index (χ0) is 15.4. The van der Waals surface area contributed by atoms with Gasteiger partial charge in [-0.1, -0.05) is 90.5 Å². The second kappa shape index (κ2) is 6.35. The van der Waals surface area contributed by atoms with Gasteiger partial charge < -0.3 is 5.73 Å². The van der Waals surface area contributed by atoms with Crippen LogP contribution in [0.5, 0.6) is 0 Å². The van der Waals surface area contributed by atoms with E-state index in [1.54, 1.807) is 0 Å². The summed E-state index contributed by atoms with van der Waals surface area (Å²) in [6.45, 7) is 0. The van der Waals surface area contributed by atoms with Crippen molar-refractivity contribution in [3.8, 4) is 0 Å². The topological polar surface area (TPSA) is 26.0 Å². The van der Waals surface area contributed by atoms with Gasteiger partial charge in [-0.3, -0.25) is 0 Å². The van der Waals surface area contributed by atoms with Crippen LogP contribution in [0.15, 0.2) is 84.9 Å². The minimum Gasteiger partial charge on any atom is -0.317 e. The number of halogens is 1. The van der Waals surface area contributed by atoms with E-state index in [4.69, 9.17) is 17.3 Å². The van der Waals surface area contributed by atoms with Gasteiger partial charge in [-0.25, -0.2) is 0 Å². The van der Waals surface area contributed by atoms with Crippen molar-refractivity contribution in [3.63, 3.8) is 0 Å². The van der Waals surface area contributed by atoms with Crippen molar-refractivity contribution in [2.45, 2.75) is 12.0 Å². The maximum Gasteiger partial charge on any atom is 0.0720 e. The largest absolute Gasteiger partial charge is 0.317 e. The summed E-state index contributed by atoms with van der Waals surface area (Å²) in [5.74, 6) is 0. The van der Waals surface area contributed by atoms with E-state index in [2.05, 4.69) is 24.3 Å². The monoisotopic (exact) mass is 307 g/mol. The van der Waals surface area contributed by atoms with Crippen molar-refractivity contribution >= 4 is 11.6 Å². The van der Waals surface area contributed by atoms with Gasteiger partial charge in [0.05, 0.1) is 5.54 Å². The van der Waals surface area contributed by atoms with E-state index in [1.807, 2.05) is 60.7 Å². The maximum absolute atomic E-state index is 6.89. The highest BCUT2D eigenvalue weighted by Gasteiger charge is 2.31. The van der Waals surface area contributed by atoms with Crippen molar-refractivity contribution in [2.75, 3.05) is 0 Å². The van der Waals surface area contributed by atoms with E-state index in [1.165, 1.54) is 5.56 Å². The molecule has 0 radical (unpaired) electrons. The Labute approximate surface area is 136 Å². The van der Waals surface area contributed by atoms with Gasteiger partial charge in [-0.05, 0) is 29.2 Å². The van der Waals surface area contributed by atoms with Crippen LogP contribution in [-0.2, 0) is 12.0 Å². The maximum atomic E-state index is 6.89. The number of benzene rings is 3. The summed E-state index contributed by atoms with van der Waals surface area (Å²) in [6.07, 6.45) is 0.696. The summed E-state index contributed by atoms with van der Waals surface area (Å²) in [6, 6.07) is 28.2. The Bertz CT molecular complexity index is 740. The van der Waals surface area contributed by atoms with E-state index in [0.717, 1.165) is 11.1 Å². The van der Waals surface area contributed by atoms with Gasteiger partial charge in [-0.15, -0.1) is 0 Å². The first-order valence-corrected chi connectivity index (χ1v) is 7.71. The molecule has 0 amide bonds. The highest BCUT2D eigenvalue weighted by Crippen LogP contribution is 2.34. The molecule has 0 spiro atoms. The molecule has 0 saturated heterocycles. The van der Waals surface area contributed by atoms with Gasteiger partial charge in [0, 0.05) is 5.02 Å². The Balaban J connectivity index is 2.12. The molecule has 0 fully saturated rings. The number of rotatable bonds is 4. The van der Waals surface area contributed by atoms with Crippen LogP contribution in [0.25, 0.3) is 0 Å². The van der Waals surface area contributed by atoms with E-state index in [9.17, 15) is 0 Å². The normalized spacial score (nSPS) is 13.5. The van der Waals surface area contributed by atoms with Crippen molar-refractivity contribution < 1.29 is 0 Å². The molecule has 22 heavy (non-hydrogen) atoms. The van der Waals surface area contributed by atoms with E-state index < -0.39 is 5.54 Å². The molecule has 1 atom stereocenters. The average molecular weight is 308 g/mol. The van der Waals surface area contributed by atoms with Gasteiger partial charge in [0.25, 0.3) is 0 Å². The van der Waals surface area contributed by atoms with Crippen LogP contribution in [0.2, 0.25) is 5.02 Å². The molecule has 0 heterocycles. The third kappa shape index (κ3) is 2.92. The Morgan fingerprint density at radius 1 is 0.727 bits per heavy atom. The summed E-state index contributed by atoms with van der Waals surface area (Å²) in [4.78, 5) is 0. The SMILES string of the molecule is NC(Cc1ccccc1)(c1ccccc1)c1ccccc1Cl. The lowest BCUT2D eigenvalue weighted by molar-refractivity contribution is 0.535. The van der Waals surface area contributed by atoms with Crippen LogP contribution in [0, 0.1) is 0 Å². The molecule has 3 aromatic carbocycles. The Morgan fingerprint density at radius 2 is 1.27 bits per heavy atom. The van der Waals surface area contributed by atoms with Crippen LogP contribution < -0.4 is 5.73 Å². The predicted octanol–water partition coefficient (Wildman–Crippen LogP) is 4.79. The fourth-order valence-corrected chi connectivity index (χ4v) is 3.13. The molecule has 0 aliphatic carbocycles. The smallest absolute Gasteiger partial charge is 0.0720 e. The fourth-order valence-electron chi connectivity index (χ4n) is 2.83. The van der Waals surface area contributed by atoms with Crippen LogP contribution in [0.1, 0.15) is 16.7 Å². The number of hydrogen-bond acceptors (Lipinski definition) is 1. The Hall–Kier alpha value is -2.09. The lowest BCUT2D eigenvalue weighted by Crippen LogP contribution is -2.40. The standard InChI is InChI=1S/C20H18ClN/c21-19-14-8-7-13-18(19)20(22,17-11-5-2-6-12-17)15-16-9-3-1-4-10-16/h1-14H,15,22H2. The van der Waals surface area contributed by atoms with Crippen molar-refractivity contribution in [3.05, 3.63) is 107 Å². The van der Waals surface area contributed by atoms with Gasteiger partial charge in [-0.2, -0.15) is 0 Å². The van der Waals surface area contributed by atoms with E-state index in [0.29, 0.717) is 11.4 Å². The minimum atomic E-state index is -0.652. The molecule has 0 saturated carbocycles. The Kier molecular flexibility index (Phi) is 4.28. The van der Waals surface area contributed by atoms with Gasteiger partial charge in [0.15, 0.2) is 0 Å². The second-order valence-corrected chi connectivity index (χ2v) is 5.89. The molecule has 1 unspecified atom stereocenters. The van der Waals surface area contributed by atoms with Crippen LogP contribution in [-0.4, -0.2) is 0 Å². The highest BCUT2D eigenvalue weighted by molar-refractivity contribution is 6.31. The zero-order valence-corrected chi connectivity index (χ0v) is 13.0. The molecular weight excluding hydrogens is 290 g/mol. The molecule has 0 aromatic heterocycles. The number of nitrogens with two attached hydrogens (primary N) is 1. The quantitative estimate of drug-likeness (QED) is 0.737. The van der Waals surface area contributed by atoms with Crippen molar-refractivity contribution in [2.24, 2.45) is 5.73 Å². The zero-order valence-electron chi connectivity index (χ0n) is 12.2. The molecule has 0 bridgehead atoms. The van der Waals surface area contributed by atoms with Crippen LogP contribution in [0.4, 0.5) is 0 Å². The first-order chi connectivity index (χ1) is 10.7. The molecule has 110 valence electrons. The fraction of sp³-hybridized carbons (Fsp3) is 0.100. The summed E-state index contributed by atoms with van der Waals surface area (Å²) in [5.41, 5.74) is 9.44. The summed E-state index contributed by atoms with van der Waals surface area (Å²) in [7, 11) is 0. The van der Waals surface area contributed by atoms with Crippen LogP contribution >= 0.6 is 11.6 Å². The van der Waals surface area contributed by atoms with Crippen LogP contribution in [0.3, 0.4) is 0 Å². The molecule has 3 rings (SSSR count). The summed E-state index contributed by atoms with van der Waals surface area (Å²) >= 11 is 6.44. The molecule has 2 heteroatoms. The first-order valence-electron chi connectivity index (χ1n) is 7.33.